The molecular weight excluding hydrogens is 379 g/mol. The predicted octanol–water partition coefficient (Wildman–Crippen LogP) is 5.02. The van der Waals surface area contributed by atoms with Crippen LogP contribution in [0.15, 0.2) is 35.4 Å². The predicted molar refractivity (Wildman–Crippen MR) is 96.3 cm³/mol. The second-order valence-electron chi connectivity index (χ2n) is 4.46. The monoisotopic (exact) mass is 390 g/mol. The molecule has 0 radical (unpaired) electrons. The van der Waals surface area contributed by atoms with E-state index >= 15 is 0 Å². The molecule has 0 fully saturated rings. The molecule has 0 aliphatic carbocycles. The highest BCUT2D eigenvalue weighted by Crippen LogP contribution is 2.27. The SMILES string of the molecule is O=C(CCCOc1ccc(Cl)cc1Cl)N/N=C/c1ccc(Cl)s1. The number of halogens is 3. The zero-order valence-electron chi connectivity index (χ0n) is 11.9. The van der Waals surface area contributed by atoms with Crippen LogP contribution >= 0.6 is 46.1 Å². The van der Waals surface area contributed by atoms with E-state index < -0.39 is 0 Å². The summed E-state index contributed by atoms with van der Waals surface area (Å²) in [6.07, 6.45) is 2.40. The quantitative estimate of drug-likeness (QED) is 0.409. The van der Waals surface area contributed by atoms with Crippen LogP contribution in [-0.2, 0) is 4.79 Å². The van der Waals surface area contributed by atoms with Crippen molar-refractivity contribution >= 4 is 58.3 Å². The highest BCUT2D eigenvalue weighted by Gasteiger charge is 2.04. The van der Waals surface area contributed by atoms with Gasteiger partial charge in [-0.25, -0.2) is 5.43 Å². The summed E-state index contributed by atoms with van der Waals surface area (Å²) in [4.78, 5) is 12.5. The molecule has 0 saturated heterocycles. The molecule has 1 aromatic heterocycles. The fourth-order valence-corrected chi connectivity index (χ4v) is 3.02. The molecule has 0 atom stereocenters. The van der Waals surface area contributed by atoms with E-state index in [2.05, 4.69) is 10.5 Å². The summed E-state index contributed by atoms with van der Waals surface area (Å²) in [6.45, 7) is 0.374. The van der Waals surface area contributed by atoms with Crippen LogP contribution in [0.4, 0.5) is 0 Å². The lowest BCUT2D eigenvalue weighted by atomic mass is 10.3. The first-order valence-electron chi connectivity index (χ1n) is 6.69. The van der Waals surface area contributed by atoms with Crippen molar-refractivity contribution in [3.63, 3.8) is 0 Å². The molecule has 4 nitrogen and oxygen atoms in total. The van der Waals surface area contributed by atoms with Gasteiger partial charge < -0.3 is 4.74 Å². The standard InChI is InChI=1S/C15H13Cl3N2O2S/c16-10-3-5-13(12(17)8-10)22-7-1-2-15(21)20-19-9-11-4-6-14(18)23-11/h3-6,8-9H,1-2,7H2,(H,20,21)/b19-9+. The number of carbonyl (C=O) groups excluding carboxylic acids is 1. The summed E-state index contributed by atoms with van der Waals surface area (Å²) < 4.78 is 6.17. The Morgan fingerprint density at radius 3 is 2.78 bits per heavy atom. The Hall–Kier alpha value is -1.27. The Balaban J connectivity index is 1.65. The number of nitrogens with one attached hydrogen (secondary N) is 1. The van der Waals surface area contributed by atoms with Gasteiger partial charge in [0.25, 0.3) is 0 Å². The molecule has 8 heteroatoms. The number of carbonyl (C=O) groups is 1. The third-order valence-electron chi connectivity index (χ3n) is 2.67. The first-order valence-corrected chi connectivity index (χ1v) is 8.65. The number of ether oxygens (including phenoxy) is 1. The van der Waals surface area contributed by atoms with Crippen LogP contribution in [0.2, 0.25) is 14.4 Å². The zero-order chi connectivity index (χ0) is 16.7. The van der Waals surface area contributed by atoms with Crippen LogP contribution in [0.25, 0.3) is 0 Å². The Bertz CT molecular complexity index is 704. The largest absolute Gasteiger partial charge is 0.492 e. The minimum atomic E-state index is -0.185. The van der Waals surface area contributed by atoms with Gasteiger partial charge in [-0.15, -0.1) is 11.3 Å². The van der Waals surface area contributed by atoms with Gasteiger partial charge in [0, 0.05) is 16.3 Å². The van der Waals surface area contributed by atoms with Gasteiger partial charge in [0.05, 0.1) is 22.2 Å². The fraction of sp³-hybridized carbons (Fsp3) is 0.200. The molecular formula is C15H13Cl3N2O2S. The third-order valence-corrected chi connectivity index (χ3v) is 4.37. The fourth-order valence-electron chi connectivity index (χ4n) is 1.63. The maximum absolute atomic E-state index is 11.6. The van der Waals surface area contributed by atoms with Gasteiger partial charge in [-0.3, -0.25) is 4.79 Å². The van der Waals surface area contributed by atoms with Crippen LogP contribution in [0.1, 0.15) is 17.7 Å². The normalized spacial score (nSPS) is 10.9. The maximum atomic E-state index is 11.6. The van der Waals surface area contributed by atoms with E-state index in [1.54, 1.807) is 30.5 Å². The number of hydrogen-bond acceptors (Lipinski definition) is 4. The topological polar surface area (TPSA) is 50.7 Å². The second kappa shape index (κ2) is 9.13. The van der Waals surface area contributed by atoms with Crippen molar-refractivity contribution in [3.05, 3.63) is 49.6 Å². The lowest BCUT2D eigenvalue weighted by Gasteiger charge is -2.07. The molecule has 0 bridgehead atoms. The van der Waals surface area contributed by atoms with Crippen LogP contribution in [-0.4, -0.2) is 18.7 Å². The van der Waals surface area contributed by atoms with Crippen LogP contribution in [0.3, 0.4) is 0 Å². The van der Waals surface area contributed by atoms with Gasteiger partial charge in [0.2, 0.25) is 5.91 Å². The molecule has 1 N–H and O–H groups in total. The molecule has 122 valence electrons. The Morgan fingerprint density at radius 1 is 1.26 bits per heavy atom. The van der Waals surface area contributed by atoms with Gasteiger partial charge in [0.15, 0.2) is 0 Å². The third kappa shape index (κ3) is 6.39. The summed E-state index contributed by atoms with van der Waals surface area (Å²) in [6, 6.07) is 8.60. The minimum Gasteiger partial charge on any atom is -0.492 e. The lowest BCUT2D eigenvalue weighted by Crippen LogP contribution is -2.17. The number of hydrazone groups is 1. The Kier molecular flexibility index (Phi) is 7.17. The molecule has 2 rings (SSSR count). The van der Waals surface area contributed by atoms with Gasteiger partial charge in [-0.1, -0.05) is 34.8 Å². The van der Waals surface area contributed by atoms with E-state index in [0.29, 0.717) is 39.6 Å². The molecule has 0 unspecified atom stereocenters. The van der Waals surface area contributed by atoms with Gasteiger partial charge in [-0.05, 0) is 36.8 Å². The van der Waals surface area contributed by atoms with Crippen molar-refractivity contribution in [3.8, 4) is 5.75 Å². The number of rotatable bonds is 7. The van der Waals surface area contributed by atoms with Crippen LogP contribution < -0.4 is 10.2 Å². The van der Waals surface area contributed by atoms with Crippen LogP contribution in [0.5, 0.6) is 5.75 Å². The number of amides is 1. The van der Waals surface area contributed by atoms with Crippen molar-refractivity contribution < 1.29 is 9.53 Å². The lowest BCUT2D eigenvalue weighted by molar-refractivity contribution is -0.121. The average molecular weight is 392 g/mol. The van der Waals surface area contributed by atoms with Crippen LogP contribution in [0, 0.1) is 0 Å². The number of hydrogen-bond donors (Lipinski definition) is 1. The van der Waals surface area contributed by atoms with Crippen molar-refractivity contribution in [2.75, 3.05) is 6.61 Å². The molecule has 23 heavy (non-hydrogen) atoms. The van der Waals surface area contributed by atoms with E-state index in [1.165, 1.54) is 11.3 Å². The molecule has 1 amide bonds. The van der Waals surface area contributed by atoms with E-state index in [0.717, 1.165) is 4.88 Å². The summed E-state index contributed by atoms with van der Waals surface area (Å²) in [5.41, 5.74) is 2.45. The van der Waals surface area contributed by atoms with Crippen molar-refractivity contribution in [1.29, 1.82) is 0 Å². The first kappa shape index (κ1) is 18.1. The van der Waals surface area contributed by atoms with E-state index in [-0.39, 0.29) is 5.91 Å². The van der Waals surface area contributed by atoms with Gasteiger partial charge in [-0.2, -0.15) is 5.10 Å². The zero-order valence-corrected chi connectivity index (χ0v) is 15.0. The smallest absolute Gasteiger partial charge is 0.240 e. The second-order valence-corrected chi connectivity index (χ2v) is 7.05. The molecule has 0 spiro atoms. The van der Waals surface area contributed by atoms with E-state index in [1.807, 2.05) is 6.07 Å². The average Bonchev–Trinajstić information content (AvgIpc) is 2.91. The molecule has 1 heterocycles. The molecule has 0 aliphatic heterocycles. The highest BCUT2D eigenvalue weighted by molar-refractivity contribution is 7.17. The van der Waals surface area contributed by atoms with E-state index in [4.69, 9.17) is 39.5 Å². The van der Waals surface area contributed by atoms with Crippen molar-refractivity contribution in [1.82, 2.24) is 5.43 Å². The van der Waals surface area contributed by atoms with Crippen molar-refractivity contribution in [2.45, 2.75) is 12.8 Å². The molecule has 0 saturated carbocycles. The summed E-state index contributed by atoms with van der Waals surface area (Å²) in [5.74, 6) is 0.360. The Morgan fingerprint density at radius 2 is 2.09 bits per heavy atom. The van der Waals surface area contributed by atoms with E-state index in [9.17, 15) is 4.79 Å². The highest BCUT2D eigenvalue weighted by atomic mass is 35.5. The maximum Gasteiger partial charge on any atom is 0.240 e. The van der Waals surface area contributed by atoms with Gasteiger partial charge in [0.1, 0.15) is 5.75 Å². The number of thiophene rings is 1. The number of benzene rings is 1. The Labute approximate surface area is 153 Å². The summed E-state index contributed by atoms with van der Waals surface area (Å²) >= 11 is 19.0. The van der Waals surface area contributed by atoms with Gasteiger partial charge >= 0.3 is 0 Å². The molecule has 1 aromatic carbocycles. The minimum absolute atomic E-state index is 0.185. The number of nitrogens with zero attached hydrogens (tertiary/aromatic N) is 1. The summed E-state index contributed by atoms with van der Waals surface area (Å²) in [7, 11) is 0. The van der Waals surface area contributed by atoms with Crippen molar-refractivity contribution in [2.24, 2.45) is 5.10 Å². The molecule has 0 aliphatic rings. The summed E-state index contributed by atoms with van der Waals surface area (Å²) in [5, 5.41) is 4.86. The first-order chi connectivity index (χ1) is 11.0. The molecule has 2 aromatic rings.